The third kappa shape index (κ3) is 5.90. The van der Waals surface area contributed by atoms with Crippen LogP contribution >= 0.6 is 11.3 Å². The number of aryl methyl sites for hydroxylation is 1. The lowest BCUT2D eigenvalue weighted by Crippen LogP contribution is -2.31. The number of benzene rings is 3. The molecule has 1 amide bonds. The minimum absolute atomic E-state index is 0.147. The summed E-state index contributed by atoms with van der Waals surface area (Å²) in [7, 11) is -4.13. The molecule has 1 aromatic heterocycles. The summed E-state index contributed by atoms with van der Waals surface area (Å²) in [6, 6.07) is 16.1. The van der Waals surface area contributed by atoms with Gasteiger partial charge in [-0.25, -0.2) is 22.6 Å². The summed E-state index contributed by atoms with van der Waals surface area (Å²) < 4.78 is 46.9. The second kappa shape index (κ2) is 11.4. The summed E-state index contributed by atoms with van der Waals surface area (Å²) in [6.45, 7) is 4.98. The van der Waals surface area contributed by atoms with E-state index in [-0.39, 0.29) is 18.7 Å². The summed E-state index contributed by atoms with van der Waals surface area (Å²) >= 11 is 1.58. The predicted molar refractivity (Wildman–Crippen MR) is 145 cm³/mol. The number of sulfonamides is 1. The van der Waals surface area contributed by atoms with Crippen molar-refractivity contribution in [1.82, 2.24) is 9.29 Å². The van der Waals surface area contributed by atoms with E-state index in [1.54, 1.807) is 37.3 Å². The van der Waals surface area contributed by atoms with Crippen LogP contribution in [-0.4, -0.2) is 49.3 Å². The van der Waals surface area contributed by atoms with E-state index in [0.29, 0.717) is 5.69 Å². The van der Waals surface area contributed by atoms with Gasteiger partial charge < -0.3 is 10.1 Å². The molecule has 3 aromatic carbocycles. The monoisotopic (exact) mass is 555 g/mol. The zero-order chi connectivity index (χ0) is 27.4. The Morgan fingerprint density at radius 3 is 2.42 bits per heavy atom. The van der Waals surface area contributed by atoms with Gasteiger partial charge in [-0.3, -0.25) is 4.79 Å². The first-order valence-electron chi connectivity index (χ1n) is 11.9. The Labute approximate surface area is 224 Å². The number of halogens is 1. The minimum atomic E-state index is -4.13. The molecule has 4 aromatic rings. The highest BCUT2D eigenvalue weighted by Crippen LogP contribution is 2.31. The molecule has 0 spiro atoms. The first kappa shape index (κ1) is 27.4. The number of carbonyl (C=O) groups excluding carboxylic acids is 2. The molecule has 8 nitrogen and oxygen atoms in total. The smallest absolute Gasteiger partial charge is 0.338 e. The summed E-state index contributed by atoms with van der Waals surface area (Å²) in [4.78, 5) is 28.8. The van der Waals surface area contributed by atoms with Crippen LogP contribution < -0.4 is 5.32 Å². The van der Waals surface area contributed by atoms with E-state index in [0.717, 1.165) is 48.9 Å². The van der Waals surface area contributed by atoms with Crippen molar-refractivity contribution >= 4 is 49.1 Å². The van der Waals surface area contributed by atoms with Gasteiger partial charge in [-0.1, -0.05) is 19.9 Å². The van der Waals surface area contributed by atoms with Crippen molar-refractivity contribution in [3.8, 4) is 10.6 Å². The first-order chi connectivity index (χ1) is 18.1. The van der Waals surface area contributed by atoms with Gasteiger partial charge in [0, 0.05) is 24.3 Å². The number of esters is 1. The molecule has 198 valence electrons. The maximum absolute atomic E-state index is 14.3. The van der Waals surface area contributed by atoms with Gasteiger partial charge in [0.15, 0.2) is 6.61 Å². The number of nitrogens with one attached hydrogen (secondary N) is 1. The Hall–Kier alpha value is -3.67. The molecule has 38 heavy (non-hydrogen) atoms. The Morgan fingerprint density at radius 1 is 1.03 bits per heavy atom. The van der Waals surface area contributed by atoms with Crippen LogP contribution in [0.1, 0.15) is 29.8 Å². The molecule has 0 radical (unpaired) electrons. The van der Waals surface area contributed by atoms with Gasteiger partial charge >= 0.3 is 5.97 Å². The number of ether oxygens (including phenoxy) is 1. The number of carbonyl (C=O) groups is 2. The molecule has 4 rings (SSSR count). The van der Waals surface area contributed by atoms with Crippen molar-refractivity contribution in [3.63, 3.8) is 0 Å². The van der Waals surface area contributed by atoms with Crippen LogP contribution in [0.5, 0.6) is 0 Å². The number of thiazole rings is 1. The number of anilines is 1. The van der Waals surface area contributed by atoms with Gasteiger partial charge in [-0.2, -0.15) is 4.31 Å². The molecular formula is C27H26FN3O5S2. The van der Waals surface area contributed by atoms with Gasteiger partial charge in [0.05, 0.1) is 15.8 Å². The lowest BCUT2D eigenvalue weighted by atomic mass is 10.2. The zero-order valence-electron chi connectivity index (χ0n) is 21.0. The highest BCUT2D eigenvalue weighted by atomic mass is 32.2. The van der Waals surface area contributed by atoms with Crippen LogP contribution in [-0.2, 0) is 19.6 Å². The molecule has 0 aliphatic heterocycles. The fourth-order valence-corrected chi connectivity index (χ4v) is 6.41. The molecule has 0 aliphatic rings. The lowest BCUT2D eigenvalue weighted by molar-refractivity contribution is -0.119. The molecule has 0 saturated heterocycles. The topological polar surface area (TPSA) is 106 Å². The fraction of sp³-hybridized carbons (Fsp3) is 0.222. The number of rotatable bonds is 9. The van der Waals surface area contributed by atoms with E-state index in [1.807, 2.05) is 31.2 Å². The number of fused-ring (bicyclic) bond motifs is 1. The summed E-state index contributed by atoms with van der Waals surface area (Å²) in [6.07, 6.45) is 0. The van der Waals surface area contributed by atoms with Crippen LogP contribution in [0.4, 0.5) is 10.1 Å². The quantitative estimate of drug-likeness (QED) is 0.283. The number of aromatic nitrogens is 1. The van der Waals surface area contributed by atoms with Gasteiger partial charge in [-0.05, 0) is 67.1 Å². The van der Waals surface area contributed by atoms with Gasteiger partial charge in [0.25, 0.3) is 5.91 Å². The number of nitrogens with zero attached hydrogens (tertiary/aromatic N) is 2. The summed E-state index contributed by atoms with van der Waals surface area (Å²) in [5.41, 5.74) is 3.31. The second-order valence-electron chi connectivity index (χ2n) is 8.43. The van der Waals surface area contributed by atoms with Gasteiger partial charge in [0.1, 0.15) is 15.7 Å². The lowest BCUT2D eigenvalue weighted by Gasteiger charge is -2.19. The molecule has 0 fully saturated rings. The average Bonchev–Trinajstić information content (AvgIpc) is 3.31. The molecule has 1 heterocycles. The number of hydrogen-bond donors (Lipinski definition) is 1. The number of amides is 1. The predicted octanol–water partition coefficient (Wildman–Crippen LogP) is 5.24. The molecule has 0 unspecified atom stereocenters. The number of hydrogen-bond acceptors (Lipinski definition) is 7. The normalized spacial score (nSPS) is 11.6. The Balaban J connectivity index is 1.38. The Kier molecular flexibility index (Phi) is 8.20. The second-order valence-corrected chi connectivity index (χ2v) is 11.4. The standard InChI is InChI=1S/C27H26FN3O5S2/c1-4-31(5-2)38(34,35)24-15-19(9-12-21(24)28)27(33)36-16-25(32)29-20-10-7-18(8-11-20)26-30-22-13-6-17(3)14-23(22)37-26/h6-15H,4-5,16H2,1-3H3,(H,29,32). The first-order valence-corrected chi connectivity index (χ1v) is 14.1. The summed E-state index contributed by atoms with van der Waals surface area (Å²) in [5, 5.41) is 3.50. The van der Waals surface area contributed by atoms with Crippen LogP contribution in [0.25, 0.3) is 20.8 Å². The molecule has 0 aliphatic carbocycles. The van der Waals surface area contributed by atoms with E-state index in [4.69, 9.17) is 4.74 Å². The molecule has 0 saturated carbocycles. The van der Waals surface area contributed by atoms with Gasteiger partial charge in [-0.15, -0.1) is 11.3 Å². The van der Waals surface area contributed by atoms with E-state index < -0.39 is 39.2 Å². The van der Waals surface area contributed by atoms with E-state index >= 15 is 0 Å². The Morgan fingerprint density at radius 2 is 1.74 bits per heavy atom. The van der Waals surface area contributed by atoms with E-state index in [1.165, 1.54) is 0 Å². The van der Waals surface area contributed by atoms with Crippen molar-refractivity contribution in [2.75, 3.05) is 25.0 Å². The summed E-state index contributed by atoms with van der Waals surface area (Å²) in [5.74, 6) is -2.51. The fourth-order valence-electron chi connectivity index (χ4n) is 3.79. The SMILES string of the molecule is CCN(CC)S(=O)(=O)c1cc(C(=O)OCC(=O)Nc2ccc(-c3nc4ccc(C)cc4s3)cc2)ccc1F. The van der Waals surface area contributed by atoms with Crippen molar-refractivity contribution < 1.29 is 27.1 Å². The van der Waals surface area contributed by atoms with E-state index in [2.05, 4.69) is 16.4 Å². The molecule has 0 bridgehead atoms. The molecular weight excluding hydrogens is 529 g/mol. The van der Waals surface area contributed by atoms with Gasteiger partial charge in [0.2, 0.25) is 10.0 Å². The molecule has 1 N–H and O–H groups in total. The zero-order valence-corrected chi connectivity index (χ0v) is 22.7. The third-order valence-electron chi connectivity index (χ3n) is 5.78. The van der Waals surface area contributed by atoms with E-state index in [9.17, 15) is 22.4 Å². The van der Waals surface area contributed by atoms with Crippen molar-refractivity contribution in [2.24, 2.45) is 0 Å². The third-order valence-corrected chi connectivity index (χ3v) is 8.92. The van der Waals surface area contributed by atoms with Crippen LogP contribution in [0.3, 0.4) is 0 Å². The molecule has 11 heteroatoms. The average molecular weight is 556 g/mol. The molecule has 0 atom stereocenters. The highest BCUT2D eigenvalue weighted by Gasteiger charge is 2.27. The Bertz CT molecular complexity index is 1600. The van der Waals surface area contributed by atoms with Crippen LogP contribution in [0.2, 0.25) is 0 Å². The maximum Gasteiger partial charge on any atom is 0.338 e. The van der Waals surface area contributed by atoms with Crippen molar-refractivity contribution in [1.29, 1.82) is 0 Å². The van der Waals surface area contributed by atoms with Crippen LogP contribution in [0, 0.1) is 12.7 Å². The highest BCUT2D eigenvalue weighted by molar-refractivity contribution is 7.89. The van der Waals surface area contributed by atoms with Crippen LogP contribution in [0.15, 0.2) is 65.6 Å². The van der Waals surface area contributed by atoms with Crippen molar-refractivity contribution in [3.05, 3.63) is 77.6 Å². The minimum Gasteiger partial charge on any atom is -0.452 e. The van der Waals surface area contributed by atoms with Crippen molar-refractivity contribution in [2.45, 2.75) is 25.7 Å². The maximum atomic E-state index is 14.3. The largest absolute Gasteiger partial charge is 0.452 e.